The average Bonchev–Trinajstić information content (AvgIpc) is 3.27. The van der Waals surface area contributed by atoms with Crippen LogP contribution < -0.4 is 0 Å². The minimum atomic E-state index is -0.164. The molecule has 2 aromatic rings. The lowest BCUT2D eigenvalue weighted by molar-refractivity contribution is -0.146. The molecule has 1 saturated heterocycles. The predicted octanol–water partition coefficient (Wildman–Crippen LogP) is 3.65. The van der Waals surface area contributed by atoms with Crippen LogP contribution in [0.25, 0.3) is 11.3 Å². The van der Waals surface area contributed by atoms with Gasteiger partial charge < -0.3 is 9.26 Å². The lowest BCUT2D eigenvalue weighted by Gasteiger charge is -2.32. The van der Waals surface area contributed by atoms with Crippen molar-refractivity contribution < 1.29 is 14.1 Å². The van der Waals surface area contributed by atoms with Gasteiger partial charge in [0.05, 0.1) is 13.7 Å². The van der Waals surface area contributed by atoms with Gasteiger partial charge in [-0.25, -0.2) is 0 Å². The van der Waals surface area contributed by atoms with Gasteiger partial charge in [0.2, 0.25) is 0 Å². The summed E-state index contributed by atoms with van der Waals surface area (Å²) in [5.41, 5.74) is 1.88. The van der Waals surface area contributed by atoms with Crippen LogP contribution in [-0.4, -0.2) is 35.2 Å². The first kappa shape index (κ1) is 16.3. The second kappa shape index (κ2) is 7.00. The van der Waals surface area contributed by atoms with Crippen LogP contribution in [0, 0.1) is 5.92 Å². The summed E-state index contributed by atoms with van der Waals surface area (Å²) in [7, 11) is 1.48. The van der Waals surface area contributed by atoms with Crippen molar-refractivity contribution in [3.63, 3.8) is 0 Å². The lowest BCUT2D eigenvalue weighted by Crippen LogP contribution is -2.42. The Morgan fingerprint density at radius 3 is 2.88 bits per heavy atom. The van der Waals surface area contributed by atoms with E-state index in [0.717, 1.165) is 29.9 Å². The van der Waals surface area contributed by atoms with E-state index >= 15 is 0 Å². The smallest absolute Gasteiger partial charge is 0.323 e. The van der Waals surface area contributed by atoms with Gasteiger partial charge in [0.15, 0.2) is 5.76 Å². The van der Waals surface area contributed by atoms with Crippen molar-refractivity contribution in [1.29, 1.82) is 0 Å². The highest BCUT2D eigenvalue weighted by atomic mass is 16.5. The van der Waals surface area contributed by atoms with Gasteiger partial charge >= 0.3 is 5.97 Å². The van der Waals surface area contributed by atoms with Gasteiger partial charge in [-0.2, -0.15) is 0 Å². The number of likely N-dealkylation sites (tertiary alicyclic amines) is 1. The molecule has 5 nitrogen and oxygen atoms in total. The topological polar surface area (TPSA) is 55.6 Å². The summed E-state index contributed by atoms with van der Waals surface area (Å²) in [4.78, 5) is 14.6. The maximum Gasteiger partial charge on any atom is 0.323 e. The van der Waals surface area contributed by atoms with Crippen LogP contribution in [0.2, 0.25) is 0 Å². The van der Waals surface area contributed by atoms with Crippen molar-refractivity contribution >= 4 is 5.97 Å². The molecule has 1 saturated carbocycles. The van der Waals surface area contributed by atoms with Crippen LogP contribution in [0.3, 0.4) is 0 Å². The highest BCUT2D eigenvalue weighted by molar-refractivity contribution is 5.76. The number of fused-ring (bicyclic) bond motifs is 1. The van der Waals surface area contributed by atoms with Crippen molar-refractivity contribution in [1.82, 2.24) is 10.1 Å². The SMILES string of the molecule is COC(=O)[C@@H]1C[C@@H]2CCCC[C@@H]2N1Cc1cc(-c2ccccc2)no1. The Bertz CT molecular complexity index is 728. The number of nitrogens with zero attached hydrogens (tertiary/aromatic N) is 2. The molecular formula is C20H24N2O3. The first-order chi connectivity index (χ1) is 12.3. The zero-order valence-electron chi connectivity index (χ0n) is 14.6. The van der Waals surface area contributed by atoms with Crippen LogP contribution >= 0.6 is 0 Å². The molecule has 132 valence electrons. The third-order valence-electron chi connectivity index (χ3n) is 5.66. The Morgan fingerprint density at radius 2 is 2.08 bits per heavy atom. The van der Waals surface area contributed by atoms with Gasteiger partial charge in [-0.3, -0.25) is 9.69 Å². The van der Waals surface area contributed by atoms with Crippen molar-refractivity contribution in [3.05, 3.63) is 42.2 Å². The molecule has 2 heterocycles. The lowest BCUT2D eigenvalue weighted by atomic mass is 9.85. The molecule has 0 spiro atoms. The third-order valence-corrected chi connectivity index (χ3v) is 5.66. The number of esters is 1. The highest BCUT2D eigenvalue weighted by Gasteiger charge is 2.45. The number of carbonyl (C=O) groups is 1. The van der Waals surface area contributed by atoms with Gasteiger partial charge in [-0.15, -0.1) is 0 Å². The Hall–Kier alpha value is -2.14. The fraction of sp³-hybridized carbons (Fsp3) is 0.500. The first-order valence-corrected chi connectivity index (χ1v) is 9.11. The summed E-state index contributed by atoms with van der Waals surface area (Å²) in [6.07, 6.45) is 5.76. The number of ether oxygens (including phenoxy) is 1. The quantitative estimate of drug-likeness (QED) is 0.795. The Morgan fingerprint density at radius 1 is 1.28 bits per heavy atom. The van der Waals surface area contributed by atoms with E-state index in [1.54, 1.807) is 0 Å². The van der Waals surface area contributed by atoms with E-state index in [4.69, 9.17) is 9.26 Å². The van der Waals surface area contributed by atoms with Gasteiger partial charge in [-0.1, -0.05) is 48.3 Å². The molecule has 1 aromatic heterocycles. The molecule has 1 aliphatic carbocycles. The number of aromatic nitrogens is 1. The Balaban J connectivity index is 1.55. The highest BCUT2D eigenvalue weighted by Crippen LogP contribution is 2.41. The molecule has 0 amide bonds. The molecule has 1 aromatic carbocycles. The van der Waals surface area contributed by atoms with Gasteiger partial charge in [0.25, 0.3) is 0 Å². The van der Waals surface area contributed by atoms with Gasteiger partial charge in [-0.05, 0) is 25.2 Å². The standard InChI is InChI=1S/C20H24N2O3/c1-24-20(23)19-11-15-9-5-6-10-18(15)22(19)13-16-12-17(21-25-16)14-7-3-2-4-8-14/h2-4,7-8,12,15,18-19H,5-6,9-11,13H2,1H3/t15-,18-,19-/m0/s1. The van der Waals surface area contributed by atoms with E-state index in [1.807, 2.05) is 36.4 Å². The molecule has 2 fully saturated rings. The zero-order valence-corrected chi connectivity index (χ0v) is 14.6. The first-order valence-electron chi connectivity index (χ1n) is 9.11. The summed E-state index contributed by atoms with van der Waals surface area (Å²) in [6, 6.07) is 12.3. The van der Waals surface area contributed by atoms with E-state index in [9.17, 15) is 4.79 Å². The summed E-state index contributed by atoms with van der Waals surface area (Å²) in [5.74, 6) is 1.27. The molecule has 0 unspecified atom stereocenters. The largest absolute Gasteiger partial charge is 0.468 e. The number of rotatable bonds is 4. The molecular weight excluding hydrogens is 316 g/mol. The Kier molecular flexibility index (Phi) is 4.57. The molecule has 1 aliphatic heterocycles. The average molecular weight is 340 g/mol. The van der Waals surface area contributed by atoms with Crippen molar-refractivity contribution in [2.24, 2.45) is 5.92 Å². The molecule has 5 heteroatoms. The summed E-state index contributed by atoms with van der Waals surface area (Å²) < 4.78 is 10.6. The van der Waals surface area contributed by atoms with Crippen LogP contribution in [0.1, 0.15) is 37.9 Å². The van der Waals surface area contributed by atoms with Crippen molar-refractivity contribution in [3.8, 4) is 11.3 Å². The van der Waals surface area contributed by atoms with Crippen LogP contribution in [0.15, 0.2) is 40.9 Å². The molecule has 0 N–H and O–H groups in total. The number of hydrogen-bond donors (Lipinski definition) is 0. The van der Waals surface area contributed by atoms with E-state index in [0.29, 0.717) is 18.5 Å². The van der Waals surface area contributed by atoms with E-state index in [-0.39, 0.29) is 12.0 Å². The Labute approximate surface area is 147 Å². The van der Waals surface area contributed by atoms with E-state index in [1.165, 1.54) is 26.4 Å². The second-order valence-electron chi connectivity index (χ2n) is 7.10. The van der Waals surface area contributed by atoms with Gasteiger partial charge in [0, 0.05) is 17.7 Å². The molecule has 4 rings (SSSR count). The van der Waals surface area contributed by atoms with Crippen LogP contribution in [0.5, 0.6) is 0 Å². The van der Waals surface area contributed by atoms with E-state index < -0.39 is 0 Å². The summed E-state index contributed by atoms with van der Waals surface area (Å²) in [6.45, 7) is 0.612. The zero-order chi connectivity index (χ0) is 17.2. The number of hydrogen-bond acceptors (Lipinski definition) is 5. The van der Waals surface area contributed by atoms with Crippen molar-refractivity contribution in [2.45, 2.75) is 50.7 Å². The van der Waals surface area contributed by atoms with Crippen LogP contribution in [-0.2, 0) is 16.1 Å². The molecule has 0 bridgehead atoms. The fourth-order valence-corrected chi connectivity index (χ4v) is 4.46. The minimum Gasteiger partial charge on any atom is -0.468 e. The predicted molar refractivity (Wildman–Crippen MR) is 93.6 cm³/mol. The van der Waals surface area contributed by atoms with Crippen LogP contribution in [0.4, 0.5) is 0 Å². The molecule has 2 aliphatic rings. The number of methoxy groups -OCH3 is 1. The molecule has 25 heavy (non-hydrogen) atoms. The maximum absolute atomic E-state index is 12.3. The fourth-order valence-electron chi connectivity index (χ4n) is 4.46. The number of benzene rings is 1. The monoisotopic (exact) mass is 340 g/mol. The third kappa shape index (κ3) is 3.21. The minimum absolute atomic E-state index is 0.128. The summed E-state index contributed by atoms with van der Waals surface area (Å²) >= 11 is 0. The normalized spacial score (nSPS) is 26.4. The maximum atomic E-state index is 12.3. The van der Waals surface area contributed by atoms with Gasteiger partial charge in [0.1, 0.15) is 11.7 Å². The van der Waals surface area contributed by atoms with Crippen molar-refractivity contribution in [2.75, 3.05) is 7.11 Å². The molecule has 3 atom stereocenters. The second-order valence-corrected chi connectivity index (χ2v) is 7.10. The summed E-state index contributed by atoms with van der Waals surface area (Å²) in [5, 5.41) is 4.20. The molecule has 0 radical (unpaired) electrons. The number of carbonyl (C=O) groups excluding carboxylic acids is 1. The van der Waals surface area contributed by atoms with E-state index in [2.05, 4.69) is 10.1 Å².